The van der Waals surface area contributed by atoms with Gasteiger partial charge in [0, 0.05) is 6.54 Å². The Kier molecular flexibility index (Phi) is 2.71. The average Bonchev–Trinajstić information content (AvgIpc) is 2.94. The SMILES string of the molecule is O=C1CC(=O)N(c2ncnc3c2ncn3CCO)C1. The molecule has 1 aliphatic rings. The van der Waals surface area contributed by atoms with Crippen molar-refractivity contribution in [2.75, 3.05) is 18.1 Å². The molecule has 1 fully saturated rings. The number of nitrogens with zero attached hydrogens (tertiary/aromatic N) is 5. The summed E-state index contributed by atoms with van der Waals surface area (Å²) in [5, 5.41) is 8.95. The van der Waals surface area contributed by atoms with Crippen LogP contribution >= 0.6 is 0 Å². The number of aromatic nitrogens is 4. The molecule has 98 valence electrons. The molecule has 1 saturated heterocycles. The molecule has 3 heterocycles. The monoisotopic (exact) mass is 261 g/mol. The van der Waals surface area contributed by atoms with Crippen LogP contribution in [-0.4, -0.2) is 49.5 Å². The lowest BCUT2D eigenvalue weighted by atomic mass is 10.3. The van der Waals surface area contributed by atoms with Crippen molar-refractivity contribution in [2.24, 2.45) is 0 Å². The number of fused-ring (bicyclic) bond motifs is 1. The molecule has 2 aromatic heterocycles. The Labute approximate surface area is 107 Å². The second-order valence-corrected chi connectivity index (χ2v) is 4.23. The summed E-state index contributed by atoms with van der Waals surface area (Å²) in [4.78, 5) is 36.7. The van der Waals surface area contributed by atoms with Crippen LogP contribution in [0.1, 0.15) is 6.42 Å². The third-order valence-electron chi connectivity index (χ3n) is 2.96. The first kappa shape index (κ1) is 11.7. The fourth-order valence-electron chi connectivity index (χ4n) is 2.11. The van der Waals surface area contributed by atoms with Gasteiger partial charge in [-0.3, -0.25) is 14.5 Å². The van der Waals surface area contributed by atoms with Gasteiger partial charge in [0.25, 0.3) is 0 Å². The second kappa shape index (κ2) is 4.39. The van der Waals surface area contributed by atoms with Gasteiger partial charge in [-0.2, -0.15) is 0 Å². The number of ketones is 1. The second-order valence-electron chi connectivity index (χ2n) is 4.23. The third-order valence-corrected chi connectivity index (χ3v) is 2.96. The molecule has 19 heavy (non-hydrogen) atoms. The summed E-state index contributed by atoms with van der Waals surface area (Å²) in [5.74, 6) is -0.0641. The van der Waals surface area contributed by atoms with Crippen molar-refractivity contribution < 1.29 is 14.7 Å². The minimum atomic E-state index is -0.276. The van der Waals surface area contributed by atoms with Crippen LogP contribution in [-0.2, 0) is 16.1 Å². The van der Waals surface area contributed by atoms with E-state index in [9.17, 15) is 9.59 Å². The lowest BCUT2D eigenvalue weighted by Crippen LogP contribution is -2.26. The first-order valence-electron chi connectivity index (χ1n) is 5.79. The number of hydrogen-bond acceptors (Lipinski definition) is 6. The zero-order chi connectivity index (χ0) is 13.4. The van der Waals surface area contributed by atoms with Crippen LogP contribution in [0.25, 0.3) is 11.2 Å². The highest BCUT2D eigenvalue weighted by molar-refractivity contribution is 6.16. The third kappa shape index (κ3) is 1.85. The van der Waals surface area contributed by atoms with E-state index in [0.29, 0.717) is 23.5 Å². The Morgan fingerprint density at radius 3 is 2.79 bits per heavy atom. The van der Waals surface area contributed by atoms with Crippen LogP contribution in [0.4, 0.5) is 5.82 Å². The van der Waals surface area contributed by atoms with Crippen LogP contribution in [0.5, 0.6) is 0 Å². The molecule has 1 amide bonds. The Bertz CT molecular complexity index is 665. The van der Waals surface area contributed by atoms with E-state index in [1.807, 2.05) is 0 Å². The number of amides is 1. The van der Waals surface area contributed by atoms with Gasteiger partial charge in [0.05, 0.1) is 25.9 Å². The number of hydrogen-bond donors (Lipinski definition) is 1. The van der Waals surface area contributed by atoms with Crippen molar-refractivity contribution in [3.05, 3.63) is 12.7 Å². The van der Waals surface area contributed by atoms with Gasteiger partial charge in [0.1, 0.15) is 6.33 Å². The lowest BCUT2D eigenvalue weighted by Gasteiger charge is -2.13. The Hall–Kier alpha value is -2.35. The maximum absolute atomic E-state index is 11.7. The highest BCUT2D eigenvalue weighted by Crippen LogP contribution is 2.24. The van der Waals surface area contributed by atoms with Crippen molar-refractivity contribution >= 4 is 28.7 Å². The molecular weight excluding hydrogens is 250 g/mol. The van der Waals surface area contributed by atoms with E-state index in [2.05, 4.69) is 15.0 Å². The number of Topliss-reactive ketones (excluding diaryl/α,β-unsaturated/α-hetero) is 1. The van der Waals surface area contributed by atoms with E-state index in [1.165, 1.54) is 17.6 Å². The van der Waals surface area contributed by atoms with E-state index in [-0.39, 0.29) is 31.3 Å². The first-order chi connectivity index (χ1) is 9.20. The minimum absolute atomic E-state index is 0.0256. The van der Waals surface area contributed by atoms with Gasteiger partial charge in [0.2, 0.25) is 5.91 Å². The molecular formula is C11H11N5O3. The van der Waals surface area contributed by atoms with Gasteiger partial charge in [-0.1, -0.05) is 0 Å². The topological polar surface area (TPSA) is 101 Å². The Morgan fingerprint density at radius 2 is 2.11 bits per heavy atom. The van der Waals surface area contributed by atoms with Gasteiger partial charge in [0.15, 0.2) is 22.8 Å². The predicted molar refractivity (Wildman–Crippen MR) is 64.4 cm³/mol. The van der Waals surface area contributed by atoms with Gasteiger partial charge < -0.3 is 9.67 Å². The van der Waals surface area contributed by atoms with Gasteiger partial charge in [-0.05, 0) is 0 Å². The molecule has 1 aliphatic heterocycles. The Morgan fingerprint density at radius 1 is 1.26 bits per heavy atom. The summed E-state index contributed by atoms with van der Waals surface area (Å²) in [7, 11) is 0. The van der Waals surface area contributed by atoms with Crippen LogP contribution < -0.4 is 4.90 Å². The lowest BCUT2D eigenvalue weighted by molar-refractivity contribution is -0.121. The summed E-state index contributed by atoms with van der Waals surface area (Å²) >= 11 is 0. The summed E-state index contributed by atoms with van der Waals surface area (Å²) in [6, 6.07) is 0. The predicted octanol–water partition coefficient (Wildman–Crippen LogP) is -0.876. The zero-order valence-corrected chi connectivity index (χ0v) is 9.98. The number of carbonyl (C=O) groups excluding carboxylic acids is 2. The van der Waals surface area contributed by atoms with Crippen molar-refractivity contribution in [1.29, 1.82) is 0 Å². The molecule has 1 N–H and O–H groups in total. The molecule has 0 unspecified atom stereocenters. The summed E-state index contributed by atoms with van der Waals surface area (Å²) in [5.41, 5.74) is 0.991. The fourth-order valence-corrected chi connectivity index (χ4v) is 2.11. The van der Waals surface area contributed by atoms with Crippen LogP contribution in [0, 0.1) is 0 Å². The molecule has 8 nitrogen and oxygen atoms in total. The van der Waals surface area contributed by atoms with Gasteiger partial charge in [-0.15, -0.1) is 0 Å². The largest absolute Gasteiger partial charge is 0.395 e. The summed E-state index contributed by atoms with van der Waals surface area (Å²) in [6.07, 6.45) is 2.76. The number of anilines is 1. The van der Waals surface area contributed by atoms with Crippen molar-refractivity contribution in [3.8, 4) is 0 Å². The number of carbonyl (C=O) groups is 2. The summed E-state index contributed by atoms with van der Waals surface area (Å²) in [6.45, 7) is 0.351. The maximum Gasteiger partial charge on any atom is 0.236 e. The van der Waals surface area contributed by atoms with E-state index < -0.39 is 0 Å². The standard InChI is InChI=1S/C11H11N5O3/c17-2-1-15-6-14-9-10(15)12-5-13-11(9)16-4-7(18)3-8(16)19/h5-6,17H,1-4H2. The quantitative estimate of drug-likeness (QED) is 0.720. The molecule has 0 bridgehead atoms. The molecule has 3 rings (SSSR count). The number of aliphatic hydroxyl groups is 1. The normalized spacial score (nSPS) is 15.7. The van der Waals surface area contributed by atoms with Crippen LogP contribution in [0.2, 0.25) is 0 Å². The first-order valence-corrected chi connectivity index (χ1v) is 5.79. The highest BCUT2D eigenvalue weighted by atomic mass is 16.3. The van der Waals surface area contributed by atoms with Gasteiger partial charge in [-0.25, -0.2) is 15.0 Å². The molecule has 0 spiro atoms. The van der Waals surface area contributed by atoms with Crippen molar-refractivity contribution in [1.82, 2.24) is 19.5 Å². The van der Waals surface area contributed by atoms with Gasteiger partial charge >= 0.3 is 0 Å². The van der Waals surface area contributed by atoms with E-state index in [4.69, 9.17) is 5.11 Å². The molecule has 0 aliphatic carbocycles. The maximum atomic E-state index is 11.7. The van der Waals surface area contributed by atoms with Crippen molar-refractivity contribution in [2.45, 2.75) is 13.0 Å². The average molecular weight is 261 g/mol. The fraction of sp³-hybridized carbons (Fsp3) is 0.364. The number of aliphatic hydroxyl groups excluding tert-OH is 1. The molecule has 0 aromatic carbocycles. The van der Waals surface area contributed by atoms with Crippen LogP contribution in [0.3, 0.4) is 0 Å². The number of imidazole rings is 1. The van der Waals surface area contributed by atoms with E-state index in [1.54, 1.807) is 4.57 Å². The van der Waals surface area contributed by atoms with Crippen LogP contribution in [0.15, 0.2) is 12.7 Å². The summed E-state index contributed by atoms with van der Waals surface area (Å²) < 4.78 is 1.67. The number of rotatable bonds is 3. The highest BCUT2D eigenvalue weighted by Gasteiger charge is 2.31. The Balaban J connectivity index is 2.09. The molecule has 0 saturated carbocycles. The van der Waals surface area contributed by atoms with E-state index in [0.717, 1.165) is 0 Å². The van der Waals surface area contributed by atoms with Crippen molar-refractivity contribution in [3.63, 3.8) is 0 Å². The zero-order valence-electron chi connectivity index (χ0n) is 9.98. The molecule has 2 aromatic rings. The smallest absolute Gasteiger partial charge is 0.236 e. The van der Waals surface area contributed by atoms with E-state index >= 15 is 0 Å². The molecule has 8 heteroatoms. The minimum Gasteiger partial charge on any atom is -0.395 e. The molecule has 0 atom stereocenters. The molecule has 0 radical (unpaired) electrons.